The number of alkyl halides is 3. The van der Waals surface area contributed by atoms with E-state index in [0.29, 0.717) is 3.70 Å². The van der Waals surface area contributed by atoms with Crippen molar-refractivity contribution in [2.45, 2.75) is 25.1 Å². The minimum absolute atomic E-state index is 0.161. The maximum atomic E-state index is 13.0. The molecule has 0 saturated carbocycles. The van der Waals surface area contributed by atoms with Gasteiger partial charge >= 0.3 is 5.97 Å². The van der Waals surface area contributed by atoms with E-state index < -0.39 is 12.4 Å². The molecular formula is C11H11BrF2INO2. The van der Waals surface area contributed by atoms with Crippen molar-refractivity contribution in [1.82, 2.24) is 4.98 Å². The molecule has 0 aliphatic carbocycles. The quantitative estimate of drug-likeness (QED) is 0.308. The number of ether oxygens (including phenoxy) is 1. The van der Waals surface area contributed by atoms with Gasteiger partial charge in [-0.25, -0.2) is 13.8 Å². The van der Waals surface area contributed by atoms with Gasteiger partial charge in [-0.05, 0) is 41.1 Å². The zero-order chi connectivity index (χ0) is 13.7. The van der Waals surface area contributed by atoms with Gasteiger partial charge in [-0.15, -0.1) is 0 Å². The second kappa shape index (κ2) is 7.32. The van der Waals surface area contributed by atoms with E-state index in [1.54, 1.807) is 6.92 Å². The molecule has 0 saturated heterocycles. The first-order valence-electron chi connectivity index (χ1n) is 5.17. The van der Waals surface area contributed by atoms with E-state index in [1.165, 1.54) is 6.07 Å². The largest absolute Gasteiger partial charge is 0.466 e. The molecule has 0 spiro atoms. The van der Waals surface area contributed by atoms with Crippen LogP contribution >= 0.6 is 38.5 Å². The molecule has 100 valence electrons. The highest BCUT2D eigenvalue weighted by Gasteiger charge is 2.21. The summed E-state index contributed by atoms with van der Waals surface area (Å²) in [5.74, 6) is -0.512. The Bertz CT molecular complexity index is 443. The standard InChI is InChI=1S/C11H11BrF2INO2/c1-2-18-9(17)4-6-3-8(15)16-7(5-12)10(6)11(13)14/h3,11H,2,4-5H2,1H3. The van der Waals surface area contributed by atoms with Gasteiger partial charge in [0, 0.05) is 10.9 Å². The molecule has 3 nitrogen and oxygen atoms in total. The SMILES string of the molecule is CCOC(=O)Cc1cc(I)nc(CBr)c1C(F)F. The Morgan fingerprint density at radius 2 is 2.28 bits per heavy atom. The second-order valence-corrected chi connectivity index (χ2v) is 5.05. The summed E-state index contributed by atoms with van der Waals surface area (Å²) in [6, 6.07) is 1.49. The van der Waals surface area contributed by atoms with Crippen LogP contribution < -0.4 is 0 Å². The molecule has 7 heteroatoms. The van der Waals surface area contributed by atoms with Crippen LogP contribution in [-0.4, -0.2) is 17.6 Å². The van der Waals surface area contributed by atoms with Crippen molar-refractivity contribution in [3.05, 3.63) is 26.6 Å². The molecule has 18 heavy (non-hydrogen) atoms. The molecule has 0 aromatic carbocycles. The van der Waals surface area contributed by atoms with Crippen LogP contribution in [0.3, 0.4) is 0 Å². The smallest absolute Gasteiger partial charge is 0.310 e. The molecule has 0 bridgehead atoms. The van der Waals surface area contributed by atoms with Crippen molar-refractivity contribution in [2.24, 2.45) is 0 Å². The molecule has 0 radical (unpaired) electrons. The number of hydrogen-bond acceptors (Lipinski definition) is 3. The highest BCUT2D eigenvalue weighted by atomic mass is 127. The van der Waals surface area contributed by atoms with Gasteiger partial charge < -0.3 is 4.74 Å². The lowest BCUT2D eigenvalue weighted by Gasteiger charge is -2.12. The van der Waals surface area contributed by atoms with Crippen LogP contribution in [0.4, 0.5) is 8.78 Å². The predicted molar refractivity (Wildman–Crippen MR) is 74.9 cm³/mol. The van der Waals surface area contributed by atoms with E-state index in [-0.39, 0.29) is 35.2 Å². The number of carbonyl (C=O) groups excluding carboxylic acids is 1. The lowest BCUT2D eigenvalue weighted by Crippen LogP contribution is -2.12. The summed E-state index contributed by atoms with van der Waals surface area (Å²) in [5.41, 5.74) is 0.355. The van der Waals surface area contributed by atoms with Gasteiger partial charge in [-0.3, -0.25) is 4.79 Å². The Kier molecular flexibility index (Phi) is 6.40. The molecule has 0 N–H and O–H groups in total. The predicted octanol–water partition coefficient (Wildman–Crippen LogP) is 3.62. The third-order valence-corrected chi connectivity index (χ3v) is 3.26. The Morgan fingerprint density at radius 1 is 1.61 bits per heavy atom. The Labute approximate surface area is 126 Å². The van der Waals surface area contributed by atoms with Gasteiger partial charge in [0.2, 0.25) is 0 Å². The van der Waals surface area contributed by atoms with Crippen molar-refractivity contribution < 1.29 is 18.3 Å². The van der Waals surface area contributed by atoms with Crippen LogP contribution in [0.5, 0.6) is 0 Å². The van der Waals surface area contributed by atoms with Crippen LogP contribution in [0.15, 0.2) is 6.07 Å². The number of rotatable bonds is 5. The summed E-state index contributed by atoms with van der Waals surface area (Å²) in [6.45, 7) is 1.91. The third-order valence-electron chi connectivity index (χ3n) is 2.18. The first-order valence-corrected chi connectivity index (χ1v) is 7.37. The normalized spacial score (nSPS) is 10.8. The number of esters is 1. The maximum Gasteiger partial charge on any atom is 0.310 e. The molecule has 1 rings (SSSR count). The molecule has 0 aliphatic heterocycles. The first kappa shape index (κ1) is 15.7. The second-order valence-electron chi connectivity index (χ2n) is 3.38. The summed E-state index contributed by atoms with van der Waals surface area (Å²) >= 11 is 5.06. The molecule has 0 fully saturated rings. The maximum absolute atomic E-state index is 13.0. The average Bonchev–Trinajstić information content (AvgIpc) is 2.27. The monoisotopic (exact) mass is 433 g/mol. The summed E-state index contributed by atoms with van der Waals surface area (Å²) in [4.78, 5) is 15.4. The zero-order valence-corrected chi connectivity index (χ0v) is 13.3. The van der Waals surface area contributed by atoms with Crippen molar-refractivity contribution in [3.63, 3.8) is 0 Å². The van der Waals surface area contributed by atoms with Crippen LogP contribution in [-0.2, 0) is 21.3 Å². The van der Waals surface area contributed by atoms with Gasteiger partial charge in [0.25, 0.3) is 6.43 Å². The van der Waals surface area contributed by atoms with Crippen molar-refractivity contribution in [1.29, 1.82) is 0 Å². The van der Waals surface area contributed by atoms with E-state index in [2.05, 4.69) is 20.9 Å². The van der Waals surface area contributed by atoms with Crippen LogP contribution in [0.1, 0.15) is 30.2 Å². The Morgan fingerprint density at radius 3 is 2.78 bits per heavy atom. The van der Waals surface area contributed by atoms with Crippen molar-refractivity contribution in [2.75, 3.05) is 6.61 Å². The highest BCUT2D eigenvalue weighted by Crippen LogP contribution is 2.29. The van der Waals surface area contributed by atoms with E-state index in [4.69, 9.17) is 4.74 Å². The molecular weight excluding hydrogens is 423 g/mol. The highest BCUT2D eigenvalue weighted by molar-refractivity contribution is 14.1. The molecule has 0 unspecified atom stereocenters. The topological polar surface area (TPSA) is 39.2 Å². The van der Waals surface area contributed by atoms with Crippen LogP contribution in [0.2, 0.25) is 0 Å². The van der Waals surface area contributed by atoms with Gasteiger partial charge in [0.1, 0.15) is 3.70 Å². The fraction of sp³-hybridized carbons (Fsp3) is 0.455. The van der Waals surface area contributed by atoms with Crippen molar-refractivity contribution >= 4 is 44.5 Å². The Balaban J connectivity index is 3.15. The summed E-state index contributed by atoms with van der Waals surface area (Å²) in [6.07, 6.45) is -2.82. The average molecular weight is 434 g/mol. The number of aromatic nitrogens is 1. The van der Waals surface area contributed by atoms with Gasteiger partial charge in [-0.2, -0.15) is 0 Å². The molecule has 1 heterocycles. The van der Waals surface area contributed by atoms with E-state index in [0.717, 1.165) is 0 Å². The summed E-state index contributed by atoms with van der Waals surface area (Å²) < 4.78 is 31.4. The van der Waals surface area contributed by atoms with Crippen LogP contribution in [0, 0.1) is 3.70 Å². The van der Waals surface area contributed by atoms with Gasteiger partial charge in [0.05, 0.1) is 18.7 Å². The summed E-state index contributed by atoms with van der Waals surface area (Å²) in [7, 11) is 0. The third kappa shape index (κ3) is 4.11. The first-order chi connectivity index (χ1) is 8.49. The van der Waals surface area contributed by atoms with Crippen molar-refractivity contribution in [3.8, 4) is 0 Å². The lowest BCUT2D eigenvalue weighted by molar-refractivity contribution is -0.142. The molecule has 1 aromatic heterocycles. The molecule has 0 aliphatic rings. The number of nitrogens with zero attached hydrogens (tertiary/aromatic N) is 1. The fourth-order valence-electron chi connectivity index (χ4n) is 1.51. The van der Waals surface area contributed by atoms with Crippen LogP contribution in [0.25, 0.3) is 0 Å². The molecule has 0 atom stereocenters. The summed E-state index contributed by atoms with van der Waals surface area (Å²) in [5, 5.41) is 0.222. The minimum atomic E-state index is -2.66. The van der Waals surface area contributed by atoms with E-state index >= 15 is 0 Å². The molecule has 0 amide bonds. The van der Waals surface area contributed by atoms with Gasteiger partial charge in [0.15, 0.2) is 0 Å². The number of carbonyl (C=O) groups is 1. The van der Waals surface area contributed by atoms with E-state index in [9.17, 15) is 13.6 Å². The Hall–Kier alpha value is -0.310. The molecule has 1 aromatic rings. The number of halogens is 4. The van der Waals surface area contributed by atoms with Gasteiger partial charge in [-0.1, -0.05) is 15.9 Å². The number of pyridine rings is 1. The number of hydrogen-bond donors (Lipinski definition) is 0. The fourth-order valence-corrected chi connectivity index (χ4v) is 2.60. The zero-order valence-electron chi connectivity index (χ0n) is 9.55. The van der Waals surface area contributed by atoms with E-state index in [1.807, 2.05) is 22.6 Å². The lowest BCUT2D eigenvalue weighted by atomic mass is 10.0. The minimum Gasteiger partial charge on any atom is -0.466 e.